The average Bonchev–Trinajstić information content (AvgIpc) is 2.59. The molecule has 1 saturated carbocycles. The molecule has 2 aliphatic rings. The zero-order valence-electron chi connectivity index (χ0n) is 17.1. The van der Waals surface area contributed by atoms with Crippen LogP contribution in [0.1, 0.15) is 56.7 Å². The predicted octanol–water partition coefficient (Wildman–Crippen LogP) is 5.27. The smallest absolute Gasteiger partial charge is 0.134 e. The molecule has 27 heavy (non-hydrogen) atoms. The second-order valence-corrected chi connectivity index (χ2v) is 9.32. The van der Waals surface area contributed by atoms with Gasteiger partial charge >= 0.3 is 0 Å². The van der Waals surface area contributed by atoms with Gasteiger partial charge in [-0.2, -0.15) is 0 Å². The molecule has 1 aliphatic carbocycles. The standard InChI is InChI=1S/C23H30N2O2/c1-15-17-12-23(9-6-10-23)14-25(20-8-7-16(26)13-24-20)19(17)11-18(21(15)27-5)22(2,3)4/h7-8,11,13,26H,6,9-10,12,14H2,1-5H3. The summed E-state index contributed by atoms with van der Waals surface area (Å²) in [4.78, 5) is 6.89. The fourth-order valence-electron chi connectivity index (χ4n) is 4.71. The van der Waals surface area contributed by atoms with Gasteiger partial charge in [0.2, 0.25) is 0 Å². The molecule has 2 aromatic rings. The van der Waals surface area contributed by atoms with Gasteiger partial charge in [-0.25, -0.2) is 4.98 Å². The Morgan fingerprint density at radius 2 is 1.96 bits per heavy atom. The highest BCUT2D eigenvalue weighted by atomic mass is 16.5. The Morgan fingerprint density at radius 1 is 1.22 bits per heavy atom. The minimum Gasteiger partial charge on any atom is -0.506 e. The molecular formula is C23H30N2O2. The van der Waals surface area contributed by atoms with Crippen molar-refractivity contribution in [1.29, 1.82) is 0 Å². The summed E-state index contributed by atoms with van der Waals surface area (Å²) in [6.07, 6.45) is 6.50. The van der Waals surface area contributed by atoms with Gasteiger partial charge in [-0.15, -0.1) is 0 Å². The van der Waals surface area contributed by atoms with Crippen molar-refractivity contribution in [3.63, 3.8) is 0 Å². The summed E-state index contributed by atoms with van der Waals surface area (Å²) in [7, 11) is 1.78. The van der Waals surface area contributed by atoms with Gasteiger partial charge in [0.1, 0.15) is 17.3 Å². The van der Waals surface area contributed by atoms with E-state index >= 15 is 0 Å². The molecule has 1 N–H and O–H groups in total. The first-order valence-electron chi connectivity index (χ1n) is 9.88. The molecule has 1 aliphatic heterocycles. The van der Waals surface area contributed by atoms with E-state index in [1.807, 2.05) is 6.07 Å². The molecule has 1 fully saturated rings. The monoisotopic (exact) mass is 366 g/mol. The number of ether oxygens (including phenoxy) is 1. The van der Waals surface area contributed by atoms with Gasteiger partial charge in [0.25, 0.3) is 0 Å². The minimum absolute atomic E-state index is 0.00914. The normalized spacial score (nSPS) is 18.2. The van der Waals surface area contributed by atoms with Gasteiger partial charge in [-0.3, -0.25) is 0 Å². The summed E-state index contributed by atoms with van der Waals surface area (Å²) < 4.78 is 5.88. The maximum atomic E-state index is 9.68. The van der Waals surface area contributed by atoms with Crippen molar-refractivity contribution >= 4 is 11.5 Å². The second-order valence-electron chi connectivity index (χ2n) is 9.32. The molecule has 1 aromatic carbocycles. The van der Waals surface area contributed by atoms with Crippen LogP contribution in [-0.2, 0) is 11.8 Å². The quantitative estimate of drug-likeness (QED) is 0.787. The number of aromatic nitrogens is 1. The Kier molecular flexibility index (Phi) is 4.13. The number of rotatable bonds is 2. The van der Waals surface area contributed by atoms with E-state index in [-0.39, 0.29) is 11.2 Å². The number of anilines is 2. The van der Waals surface area contributed by atoms with Crippen LogP contribution in [-0.4, -0.2) is 23.7 Å². The molecule has 0 radical (unpaired) electrons. The molecule has 4 nitrogen and oxygen atoms in total. The van der Waals surface area contributed by atoms with Crippen molar-refractivity contribution < 1.29 is 9.84 Å². The number of aromatic hydroxyl groups is 1. The molecule has 4 heteroatoms. The van der Waals surface area contributed by atoms with E-state index in [0.29, 0.717) is 5.41 Å². The van der Waals surface area contributed by atoms with Gasteiger partial charge in [0.05, 0.1) is 13.3 Å². The van der Waals surface area contributed by atoms with Crippen LogP contribution in [0.15, 0.2) is 24.4 Å². The summed E-state index contributed by atoms with van der Waals surface area (Å²) >= 11 is 0. The van der Waals surface area contributed by atoms with Gasteiger partial charge in [-0.05, 0) is 66.3 Å². The largest absolute Gasteiger partial charge is 0.506 e. The SMILES string of the molecule is COc1c(C(C)(C)C)cc2c(c1C)CC1(CCC1)CN2c1ccc(O)cn1. The third kappa shape index (κ3) is 2.95. The number of nitrogens with zero attached hydrogens (tertiary/aromatic N) is 2. The highest BCUT2D eigenvalue weighted by Crippen LogP contribution is 2.53. The van der Waals surface area contributed by atoms with Crippen LogP contribution in [0.2, 0.25) is 0 Å². The second kappa shape index (κ2) is 6.15. The first-order chi connectivity index (χ1) is 12.7. The van der Waals surface area contributed by atoms with Crippen LogP contribution in [0.25, 0.3) is 0 Å². The molecule has 1 aromatic heterocycles. The first kappa shape index (κ1) is 18.1. The number of hydrogen-bond donors (Lipinski definition) is 1. The fraction of sp³-hybridized carbons (Fsp3) is 0.522. The highest BCUT2D eigenvalue weighted by molar-refractivity contribution is 5.72. The van der Waals surface area contributed by atoms with E-state index in [4.69, 9.17) is 4.74 Å². The van der Waals surface area contributed by atoms with Gasteiger partial charge in [-0.1, -0.05) is 27.2 Å². The third-order valence-electron chi connectivity index (χ3n) is 6.40. The van der Waals surface area contributed by atoms with Crippen molar-refractivity contribution in [2.45, 2.75) is 58.8 Å². The Bertz CT molecular complexity index is 861. The lowest BCUT2D eigenvalue weighted by Crippen LogP contribution is -2.46. The van der Waals surface area contributed by atoms with Crippen molar-refractivity contribution in [2.24, 2.45) is 5.41 Å². The molecule has 2 heterocycles. The Morgan fingerprint density at radius 3 is 2.48 bits per heavy atom. The molecule has 0 amide bonds. The van der Waals surface area contributed by atoms with Crippen LogP contribution in [0.4, 0.5) is 11.5 Å². The summed E-state index contributed by atoms with van der Waals surface area (Å²) in [5.41, 5.74) is 5.45. The van der Waals surface area contributed by atoms with E-state index in [1.165, 1.54) is 47.8 Å². The van der Waals surface area contributed by atoms with Gasteiger partial charge < -0.3 is 14.7 Å². The van der Waals surface area contributed by atoms with E-state index in [1.54, 1.807) is 13.2 Å². The summed E-state index contributed by atoms with van der Waals surface area (Å²) in [5, 5.41) is 9.68. The Hall–Kier alpha value is -2.23. The van der Waals surface area contributed by atoms with Crippen molar-refractivity contribution in [3.8, 4) is 11.5 Å². The van der Waals surface area contributed by atoms with Crippen molar-refractivity contribution in [2.75, 3.05) is 18.6 Å². The lowest BCUT2D eigenvalue weighted by molar-refractivity contribution is 0.138. The van der Waals surface area contributed by atoms with E-state index in [9.17, 15) is 5.11 Å². The Labute approximate surface area is 162 Å². The number of methoxy groups -OCH3 is 1. The average molecular weight is 367 g/mol. The number of hydrogen-bond acceptors (Lipinski definition) is 4. The maximum Gasteiger partial charge on any atom is 0.134 e. The third-order valence-corrected chi connectivity index (χ3v) is 6.40. The predicted molar refractivity (Wildman–Crippen MR) is 109 cm³/mol. The van der Waals surface area contributed by atoms with Crippen LogP contribution in [0.5, 0.6) is 11.5 Å². The molecule has 0 atom stereocenters. The van der Waals surface area contributed by atoms with Crippen LogP contribution >= 0.6 is 0 Å². The number of benzene rings is 1. The molecular weight excluding hydrogens is 336 g/mol. The lowest BCUT2D eigenvalue weighted by Gasteiger charge is -2.50. The molecule has 0 unspecified atom stereocenters. The van der Waals surface area contributed by atoms with Gasteiger partial charge in [0.15, 0.2) is 0 Å². The van der Waals surface area contributed by atoms with Crippen molar-refractivity contribution in [1.82, 2.24) is 4.98 Å². The Balaban J connectivity index is 1.93. The van der Waals surface area contributed by atoms with Crippen LogP contribution in [0.3, 0.4) is 0 Å². The number of fused-ring (bicyclic) bond motifs is 1. The first-order valence-corrected chi connectivity index (χ1v) is 9.88. The number of pyridine rings is 1. The van der Waals surface area contributed by atoms with Gasteiger partial charge in [0, 0.05) is 17.8 Å². The van der Waals surface area contributed by atoms with E-state index in [0.717, 1.165) is 24.5 Å². The van der Waals surface area contributed by atoms with E-state index < -0.39 is 0 Å². The van der Waals surface area contributed by atoms with Crippen LogP contribution in [0, 0.1) is 12.3 Å². The summed E-state index contributed by atoms with van der Waals surface area (Å²) in [6.45, 7) is 9.89. The molecule has 0 bridgehead atoms. The zero-order chi connectivity index (χ0) is 19.4. The van der Waals surface area contributed by atoms with E-state index in [2.05, 4.69) is 43.6 Å². The van der Waals surface area contributed by atoms with Crippen LogP contribution < -0.4 is 9.64 Å². The maximum absolute atomic E-state index is 9.68. The highest BCUT2D eigenvalue weighted by Gasteiger charge is 2.44. The summed E-state index contributed by atoms with van der Waals surface area (Å²) in [6, 6.07) is 5.96. The zero-order valence-corrected chi connectivity index (χ0v) is 17.1. The fourth-order valence-corrected chi connectivity index (χ4v) is 4.71. The lowest BCUT2D eigenvalue weighted by atomic mass is 9.62. The minimum atomic E-state index is -0.00914. The topological polar surface area (TPSA) is 45.6 Å². The molecule has 1 spiro atoms. The molecule has 144 valence electrons. The molecule has 0 saturated heterocycles. The van der Waals surface area contributed by atoms with Crippen molar-refractivity contribution in [3.05, 3.63) is 41.1 Å². The summed E-state index contributed by atoms with van der Waals surface area (Å²) in [5.74, 6) is 2.14. The molecule has 4 rings (SSSR count).